The number of benzene rings is 1. The Morgan fingerprint density at radius 1 is 1.39 bits per heavy atom. The van der Waals surface area contributed by atoms with Crippen LogP contribution in [-0.2, 0) is 6.18 Å². The van der Waals surface area contributed by atoms with E-state index in [1.54, 1.807) is 6.92 Å². The maximum Gasteiger partial charge on any atom is 0.416 e. The summed E-state index contributed by atoms with van der Waals surface area (Å²) in [6.45, 7) is 2.40. The fourth-order valence-electron chi connectivity index (χ4n) is 1.56. The van der Waals surface area contributed by atoms with E-state index in [1.807, 2.05) is 0 Å². The number of hydrogen-bond acceptors (Lipinski definition) is 2. The summed E-state index contributed by atoms with van der Waals surface area (Å²) in [4.78, 5) is 0. The Morgan fingerprint density at radius 3 is 2.61 bits per heavy atom. The van der Waals surface area contributed by atoms with Crippen LogP contribution in [0.5, 0.6) is 0 Å². The zero-order valence-corrected chi connectivity index (χ0v) is 11.5. The van der Waals surface area contributed by atoms with Crippen molar-refractivity contribution in [3.8, 4) is 0 Å². The summed E-state index contributed by atoms with van der Waals surface area (Å²) in [6.07, 6.45) is -3.76. The lowest BCUT2D eigenvalue weighted by Crippen LogP contribution is -2.21. The van der Waals surface area contributed by atoms with E-state index in [4.69, 9.17) is 5.11 Å². The standard InChI is InChI=1S/C12H15BrF3NO/c1-8(17-5-2-6-18)10-7-9(12(14,15)16)3-4-11(10)13/h3-4,7-8,17-18H,2,5-6H2,1H3. The van der Waals surface area contributed by atoms with E-state index >= 15 is 0 Å². The SMILES string of the molecule is CC(NCCCO)c1cc(C(F)(F)F)ccc1Br. The number of halogens is 4. The van der Waals surface area contributed by atoms with Crippen molar-refractivity contribution in [2.24, 2.45) is 0 Å². The van der Waals surface area contributed by atoms with Crippen LogP contribution in [0.15, 0.2) is 22.7 Å². The molecule has 0 aliphatic rings. The van der Waals surface area contributed by atoms with Crippen LogP contribution in [-0.4, -0.2) is 18.3 Å². The minimum absolute atomic E-state index is 0.0590. The van der Waals surface area contributed by atoms with E-state index < -0.39 is 11.7 Å². The van der Waals surface area contributed by atoms with Crippen molar-refractivity contribution in [3.05, 3.63) is 33.8 Å². The second-order valence-corrected chi connectivity index (χ2v) is 4.84. The molecule has 0 radical (unpaired) electrons. The average molecular weight is 326 g/mol. The van der Waals surface area contributed by atoms with Crippen molar-refractivity contribution in [3.63, 3.8) is 0 Å². The Balaban J connectivity index is 2.86. The van der Waals surface area contributed by atoms with Crippen LogP contribution in [0.2, 0.25) is 0 Å². The van der Waals surface area contributed by atoms with E-state index in [0.29, 0.717) is 23.0 Å². The van der Waals surface area contributed by atoms with E-state index in [1.165, 1.54) is 6.07 Å². The smallest absolute Gasteiger partial charge is 0.396 e. The molecular formula is C12H15BrF3NO. The van der Waals surface area contributed by atoms with Gasteiger partial charge in [0.05, 0.1) is 5.56 Å². The van der Waals surface area contributed by atoms with Crippen LogP contribution in [0.4, 0.5) is 13.2 Å². The molecule has 0 fully saturated rings. The number of nitrogens with one attached hydrogen (secondary N) is 1. The van der Waals surface area contributed by atoms with Crippen LogP contribution in [0.1, 0.15) is 30.5 Å². The van der Waals surface area contributed by atoms with Crippen LogP contribution in [0, 0.1) is 0 Å². The third-order valence-corrected chi connectivity index (χ3v) is 3.30. The van der Waals surface area contributed by atoms with Crippen LogP contribution in [0.3, 0.4) is 0 Å². The first-order valence-corrected chi connectivity index (χ1v) is 6.36. The third-order valence-electron chi connectivity index (χ3n) is 2.58. The highest BCUT2D eigenvalue weighted by Crippen LogP contribution is 2.33. The van der Waals surface area contributed by atoms with E-state index in [-0.39, 0.29) is 12.6 Å². The van der Waals surface area contributed by atoms with Crippen molar-refractivity contribution in [1.82, 2.24) is 5.32 Å². The fourth-order valence-corrected chi connectivity index (χ4v) is 2.15. The normalized spacial score (nSPS) is 13.7. The van der Waals surface area contributed by atoms with Gasteiger partial charge in [0.25, 0.3) is 0 Å². The largest absolute Gasteiger partial charge is 0.416 e. The van der Waals surface area contributed by atoms with Gasteiger partial charge in [0.2, 0.25) is 0 Å². The molecule has 0 amide bonds. The van der Waals surface area contributed by atoms with E-state index in [2.05, 4.69) is 21.2 Å². The van der Waals surface area contributed by atoms with Gasteiger partial charge >= 0.3 is 6.18 Å². The maximum absolute atomic E-state index is 12.6. The van der Waals surface area contributed by atoms with Crippen LogP contribution in [0.25, 0.3) is 0 Å². The van der Waals surface area contributed by atoms with Gasteiger partial charge in [-0.15, -0.1) is 0 Å². The Morgan fingerprint density at radius 2 is 2.06 bits per heavy atom. The van der Waals surface area contributed by atoms with Gasteiger partial charge in [-0.2, -0.15) is 13.2 Å². The van der Waals surface area contributed by atoms with Crippen molar-refractivity contribution >= 4 is 15.9 Å². The van der Waals surface area contributed by atoms with Crippen LogP contribution >= 0.6 is 15.9 Å². The number of aliphatic hydroxyl groups excluding tert-OH is 1. The zero-order valence-electron chi connectivity index (χ0n) is 9.89. The molecule has 0 spiro atoms. The summed E-state index contributed by atoms with van der Waals surface area (Å²) in [5, 5.41) is 11.7. The van der Waals surface area contributed by atoms with Gasteiger partial charge in [-0.25, -0.2) is 0 Å². The summed E-state index contributed by atoms with van der Waals surface area (Å²) in [6, 6.07) is 3.38. The molecule has 1 atom stereocenters. The molecule has 1 aromatic carbocycles. The number of aliphatic hydroxyl groups is 1. The van der Waals surface area contributed by atoms with Gasteiger partial charge in [-0.1, -0.05) is 15.9 Å². The van der Waals surface area contributed by atoms with Gasteiger partial charge in [-0.3, -0.25) is 0 Å². The van der Waals surface area contributed by atoms with Crippen molar-refractivity contribution < 1.29 is 18.3 Å². The Hall–Kier alpha value is -0.590. The molecule has 1 rings (SSSR count). The lowest BCUT2D eigenvalue weighted by Gasteiger charge is -2.17. The summed E-state index contributed by atoms with van der Waals surface area (Å²) in [5.74, 6) is 0. The highest BCUT2D eigenvalue weighted by Gasteiger charge is 2.31. The van der Waals surface area contributed by atoms with Crippen molar-refractivity contribution in [1.29, 1.82) is 0 Å². The second kappa shape index (κ2) is 6.54. The Bertz CT molecular complexity index is 395. The maximum atomic E-state index is 12.6. The first-order valence-electron chi connectivity index (χ1n) is 5.57. The highest BCUT2D eigenvalue weighted by atomic mass is 79.9. The summed E-state index contributed by atoms with van der Waals surface area (Å²) >= 11 is 3.25. The minimum Gasteiger partial charge on any atom is -0.396 e. The molecule has 0 bridgehead atoms. The van der Waals surface area contributed by atoms with E-state index in [9.17, 15) is 13.2 Å². The molecule has 2 N–H and O–H groups in total. The molecule has 0 saturated heterocycles. The predicted molar refractivity (Wildman–Crippen MR) is 67.3 cm³/mol. The topological polar surface area (TPSA) is 32.3 Å². The summed E-state index contributed by atoms with van der Waals surface area (Å²) < 4.78 is 38.4. The van der Waals surface area contributed by atoms with E-state index in [0.717, 1.165) is 12.1 Å². The number of alkyl halides is 3. The van der Waals surface area contributed by atoms with Gasteiger partial charge in [0, 0.05) is 17.1 Å². The van der Waals surface area contributed by atoms with Gasteiger partial charge in [-0.05, 0) is 43.7 Å². The van der Waals surface area contributed by atoms with Crippen molar-refractivity contribution in [2.45, 2.75) is 25.6 Å². The lowest BCUT2D eigenvalue weighted by atomic mass is 10.0. The third kappa shape index (κ3) is 4.26. The average Bonchev–Trinajstić information content (AvgIpc) is 2.28. The van der Waals surface area contributed by atoms with Gasteiger partial charge in [0.1, 0.15) is 0 Å². The molecule has 0 aromatic heterocycles. The number of hydrogen-bond donors (Lipinski definition) is 2. The highest BCUT2D eigenvalue weighted by molar-refractivity contribution is 9.10. The summed E-state index contributed by atoms with van der Waals surface area (Å²) in [5.41, 5.74) is -0.0979. The van der Waals surface area contributed by atoms with Gasteiger partial charge < -0.3 is 10.4 Å². The fraction of sp³-hybridized carbons (Fsp3) is 0.500. The van der Waals surface area contributed by atoms with Crippen LogP contribution < -0.4 is 5.32 Å². The molecule has 0 saturated carbocycles. The van der Waals surface area contributed by atoms with Crippen molar-refractivity contribution in [2.75, 3.05) is 13.2 Å². The minimum atomic E-state index is -4.33. The molecule has 2 nitrogen and oxygen atoms in total. The molecule has 1 unspecified atom stereocenters. The number of rotatable bonds is 5. The monoisotopic (exact) mass is 325 g/mol. The molecule has 18 heavy (non-hydrogen) atoms. The molecular weight excluding hydrogens is 311 g/mol. The second-order valence-electron chi connectivity index (χ2n) is 3.99. The first kappa shape index (κ1) is 15.5. The first-order chi connectivity index (χ1) is 8.36. The molecule has 1 aromatic rings. The molecule has 0 heterocycles. The Labute approximate surface area is 112 Å². The predicted octanol–water partition coefficient (Wildman–Crippen LogP) is 3.50. The quantitative estimate of drug-likeness (QED) is 0.812. The molecule has 102 valence electrons. The summed E-state index contributed by atoms with van der Waals surface area (Å²) in [7, 11) is 0. The Kier molecular flexibility index (Phi) is 5.62. The molecule has 6 heteroatoms. The zero-order chi connectivity index (χ0) is 13.8. The lowest BCUT2D eigenvalue weighted by molar-refractivity contribution is -0.137. The molecule has 0 aliphatic carbocycles. The molecule has 0 aliphatic heterocycles. The van der Waals surface area contributed by atoms with Gasteiger partial charge in [0.15, 0.2) is 0 Å².